The van der Waals surface area contributed by atoms with Gasteiger partial charge >= 0.3 is 0 Å². The molecule has 15 heavy (non-hydrogen) atoms. The van der Waals surface area contributed by atoms with Gasteiger partial charge in [-0.25, -0.2) is 0 Å². The van der Waals surface area contributed by atoms with Crippen LogP contribution in [0, 0.1) is 12.8 Å². The van der Waals surface area contributed by atoms with Crippen molar-refractivity contribution in [3.05, 3.63) is 23.2 Å². The van der Waals surface area contributed by atoms with Gasteiger partial charge in [-0.2, -0.15) is 0 Å². The van der Waals surface area contributed by atoms with E-state index in [1.165, 1.54) is 24.2 Å². The van der Waals surface area contributed by atoms with Crippen LogP contribution >= 0.6 is 0 Å². The fourth-order valence-electron chi connectivity index (χ4n) is 3.42. The predicted octanol–water partition coefficient (Wildman–Crippen LogP) is 2.40. The number of furan rings is 1. The van der Waals surface area contributed by atoms with Gasteiger partial charge in [0, 0.05) is 23.9 Å². The highest BCUT2D eigenvalue weighted by atomic mass is 16.3. The van der Waals surface area contributed by atoms with Crippen molar-refractivity contribution in [1.82, 2.24) is 5.32 Å². The topological polar surface area (TPSA) is 25.2 Å². The van der Waals surface area contributed by atoms with Crippen LogP contribution in [0.15, 0.2) is 10.5 Å². The Hall–Kier alpha value is -0.760. The number of fused-ring (bicyclic) bond motifs is 2. The van der Waals surface area contributed by atoms with Gasteiger partial charge in [-0.05, 0) is 38.3 Å². The van der Waals surface area contributed by atoms with Gasteiger partial charge in [-0.15, -0.1) is 0 Å². The Morgan fingerprint density at radius 3 is 3.13 bits per heavy atom. The molecule has 2 heterocycles. The van der Waals surface area contributed by atoms with E-state index in [2.05, 4.69) is 25.2 Å². The number of aryl methyl sites for hydroxylation is 2. The maximum Gasteiger partial charge on any atom is 0.107 e. The van der Waals surface area contributed by atoms with Crippen LogP contribution in [0.3, 0.4) is 0 Å². The van der Waals surface area contributed by atoms with E-state index >= 15 is 0 Å². The predicted molar refractivity (Wildman–Crippen MR) is 60.1 cm³/mol. The van der Waals surface area contributed by atoms with Crippen LogP contribution in [0.1, 0.15) is 36.8 Å². The zero-order chi connectivity index (χ0) is 10.5. The first-order valence-corrected chi connectivity index (χ1v) is 6.03. The van der Waals surface area contributed by atoms with E-state index in [1.54, 1.807) is 0 Å². The minimum absolute atomic E-state index is 0.380. The SMILES string of the molecule is Cc1cc2c(o1)CCC(C)C21CCNC1. The Morgan fingerprint density at radius 1 is 1.53 bits per heavy atom. The minimum atomic E-state index is 0.380. The smallest absolute Gasteiger partial charge is 0.107 e. The van der Waals surface area contributed by atoms with Crippen molar-refractivity contribution in [3.8, 4) is 0 Å². The van der Waals surface area contributed by atoms with Crippen LogP contribution in [0.25, 0.3) is 0 Å². The van der Waals surface area contributed by atoms with Crippen molar-refractivity contribution in [2.45, 2.75) is 38.5 Å². The molecule has 1 aliphatic heterocycles. The molecule has 1 aromatic heterocycles. The van der Waals surface area contributed by atoms with Crippen LogP contribution in [0.5, 0.6) is 0 Å². The van der Waals surface area contributed by atoms with Crippen molar-refractivity contribution in [1.29, 1.82) is 0 Å². The fourth-order valence-corrected chi connectivity index (χ4v) is 3.42. The van der Waals surface area contributed by atoms with Crippen LogP contribution in [-0.2, 0) is 11.8 Å². The molecule has 1 saturated heterocycles. The summed E-state index contributed by atoms with van der Waals surface area (Å²) >= 11 is 0. The lowest BCUT2D eigenvalue weighted by atomic mass is 9.65. The first kappa shape index (κ1) is 9.46. The molecule has 2 atom stereocenters. The molecule has 1 N–H and O–H groups in total. The third kappa shape index (κ3) is 1.21. The Balaban J connectivity index is 2.12. The molecule has 1 aromatic rings. The Labute approximate surface area is 91.0 Å². The van der Waals surface area contributed by atoms with Gasteiger partial charge in [0.25, 0.3) is 0 Å². The van der Waals surface area contributed by atoms with Crippen molar-refractivity contribution in [2.75, 3.05) is 13.1 Å². The van der Waals surface area contributed by atoms with Crippen molar-refractivity contribution >= 4 is 0 Å². The zero-order valence-corrected chi connectivity index (χ0v) is 9.60. The molecular weight excluding hydrogens is 186 g/mol. The second-order valence-electron chi connectivity index (χ2n) is 5.22. The van der Waals surface area contributed by atoms with Crippen LogP contribution in [-0.4, -0.2) is 13.1 Å². The molecule has 0 bridgehead atoms. The fraction of sp³-hybridized carbons (Fsp3) is 0.692. The highest BCUT2D eigenvalue weighted by Gasteiger charge is 2.45. The average Bonchev–Trinajstić information content (AvgIpc) is 2.80. The van der Waals surface area contributed by atoms with Crippen LogP contribution < -0.4 is 5.32 Å². The van der Waals surface area contributed by atoms with E-state index < -0.39 is 0 Å². The quantitative estimate of drug-likeness (QED) is 0.703. The molecule has 2 aliphatic rings. The molecule has 82 valence electrons. The highest BCUT2D eigenvalue weighted by Crippen LogP contribution is 2.46. The van der Waals surface area contributed by atoms with Gasteiger partial charge in [-0.3, -0.25) is 0 Å². The largest absolute Gasteiger partial charge is 0.466 e. The molecule has 1 aliphatic carbocycles. The molecule has 2 nitrogen and oxygen atoms in total. The Kier molecular flexibility index (Phi) is 1.96. The van der Waals surface area contributed by atoms with Crippen LogP contribution in [0.4, 0.5) is 0 Å². The maximum absolute atomic E-state index is 5.81. The summed E-state index contributed by atoms with van der Waals surface area (Å²) in [4.78, 5) is 0. The number of nitrogens with one attached hydrogen (secondary N) is 1. The van der Waals surface area contributed by atoms with E-state index in [-0.39, 0.29) is 0 Å². The number of hydrogen-bond acceptors (Lipinski definition) is 2. The van der Waals surface area contributed by atoms with Gasteiger partial charge in [0.1, 0.15) is 11.5 Å². The Bertz CT molecular complexity index is 374. The normalized spacial score (nSPS) is 34.7. The molecule has 0 amide bonds. The monoisotopic (exact) mass is 205 g/mol. The van der Waals surface area contributed by atoms with E-state index in [0.717, 1.165) is 31.2 Å². The van der Waals surface area contributed by atoms with Crippen molar-refractivity contribution < 1.29 is 4.42 Å². The van der Waals surface area contributed by atoms with E-state index in [0.29, 0.717) is 5.41 Å². The molecule has 0 aromatic carbocycles. The molecule has 0 radical (unpaired) electrons. The minimum Gasteiger partial charge on any atom is -0.466 e. The second kappa shape index (κ2) is 3.11. The highest BCUT2D eigenvalue weighted by molar-refractivity contribution is 5.35. The number of hydrogen-bond donors (Lipinski definition) is 1. The summed E-state index contributed by atoms with van der Waals surface area (Å²) < 4.78 is 5.81. The Morgan fingerprint density at radius 2 is 2.40 bits per heavy atom. The summed E-state index contributed by atoms with van der Waals surface area (Å²) in [7, 11) is 0. The summed E-state index contributed by atoms with van der Waals surface area (Å²) in [6.07, 6.45) is 3.69. The lowest BCUT2D eigenvalue weighted by Crippen LogP contribution is -2.39. The van der Waals surface area contributed by atoms with Crippen molar-refractivity contribution in [3.63, 3.8) is 0 Å². The standard InChI is InChI=1S/C13H19NO/c1-9-3-4-12-11(7-10(2)15-12)13(9)5-6-14-8-13/h7,9,14H,3-6,8H2,1-2H3. The molecule has 1 fully saturated rings. The van der Waals surface area contributed by atoms with E-state index in [4.69, 9.17) is 4.42 Å². The first-order chi connectivity index (χ1) is 7.22. The third-order valence-corrected chi connectivity index (χ3v) is 4.40. The molecule has 1 spiro atoms. The van der Waals surface area contributed by atoms with E-state index in [9.17, 15) is 0 Å². The maximum atomic E-state index is 5.81. The summed E-state index contributed by atoms with van der Waals surface area (Å²) in [5, 5.41) is 3.52. The lowest BCUT2D eigenvalue weighted by molar-refractivity contribution is 0.259. The summed E-state index contributed by atoms with van der Waals surface area (Å²) in [6, 6.07) is 2.28. The van der Waals surface area contributed by atoms with Gasteiger partial charge in [-0.1, -0.05) is 6.92 Å². The molecule has 3 rings (SSSR count). The van der Waals surface area contributed by atoms with E-state index in [1.807, 2.05) is 0 Å². The molecular formula is C13H19NO. The van der Waals surface area contributed by atoms with Gasteiger partial charge in [0.05, 0.1) is 0 Å². The molecule has 2 unspecified atom stereocenters. The zero-order valence-electron chi connectivity index (χ0n) is 9.60. The average molecular weight is 205 g/mol. The van der Waals surface area contributed by atoms with Crippen molar-refractivity contribution in [2.24, 2.45) is 5.92 Å². The van der Waals surface area contributed by atoms with Crippen LogP contribution in [0.2, 0.25) is 0 Å². The lowest BCUT2D eigenvalue weighted by Gasteiger charge is -2.38. The summed E-state index contributed by atoms with van der Waals surface area (Å²) in [5.41, 5.74) is 1.88. The first-order valence-electron chi connectivity index (χ1n) is 6.03. The molecule has 0 saturated carbocycles. The van der Waals surface area contributed by atoms with Gasteiger partial charge in [0.2, 0.25) is 0 Å². The third-order valence-electron chi connectivity index (χ3n) is 4.40. The molecule has 2 heteroatoms. The summed E-state index contributed by atoms with van der Waals surface area (Å²) in [5.74, 6) is 3.13. The second-order valence-corrected chi connectivity index (χ2v) is 5.22. The summed E-state index contributed by atoms with van der Waals surface area (Å²) in [6.45, 7) is 6.77. The number of rotatable bonds is 0. The van der Waals surface area contributed by atoms with Gasteiger partial charge < -0.3 is 9.73 Å². The van der Waals surface area contributed by atoms with Gasteiger partial charge in [0.15, 0.2) is 0 Å².